The Labute approximate surface area is 109 Å². The number of fused-ring (bicyclic) bond motifs is 2. The van der Waals surface area contributed by atoms with Crippen LogP contribution >= 0.6 is 0 Å². The molecular weight excluding hydrogens is 226 g/mol. The van der Waals surface area contributed by atoms with Crippen LogP contribution in [0.3, 0.4) is 0 Å². The Bertz CT molecular complexity index is 396. The lowest BCUT2D eigenvalue weighted by Gasteiger charge is -2.42. The van der Waals surface area contributed by atoms with Crippen molar-refractivity contribution < 1.29 is 4.74 Å². The highest BCUT2D eigenvalue weighted by Gasteiger charge is 2.33. The zero-order valence-electron chi connectivity index (χ0n) is 10.3. The summed E-state index contributed by atoms with van der Waals surface area (Å²) in [7, 11) is 0. The topological polar surface area (TPSA) is 38.2 Å². The molecule has 2 bridgehead atoms. The van der Waals surface area contributed by atoms with Crippen LogP contribution in [0.25, 0.3) is 0 Å². The summed E-state index contributed by atoms with van der Waals surface area (Å²) in [6.07, 6.45) is 7.55. The van der Waals surface area contributed by atoms with Gasteiger partial charge in [0, 0.05) is 25.2 Å². The monoisotopic (exact) mass is 249 g/mol. The van der Waals surface area contributed by atoms with Gasteiger partial charge in [0.15, 0.2) is 0 Å². The SMILES string of the molecule is C.Cc1cncc(OC2CCN3CCCC2C3)n1. The summed E-state index contributed by atoms with van der Waals surface area (Å²) in [6, 6.07) is 0. The molecular formula is C14H23N3O. The smallest absolute Gasteiger partial charge is 0.232 e. The molecule has 0 aliphatic carbocycles. The first-order chi connectivity index (χ1) is 8.31. The van der Waals surface area contributed by atoms with Crippen LogP contribution in [0.2, 0.25) is 0 Å². The van der Waals surface area contributed by atoms with Gasteiger partial charge in [0.25, 0.3) is 0 Å². The third-order valence-electron chi connectivity index (χ3n) is 3.80. The molecule has 3 rings (SSSR count). The molecule has 1 aromatic rings. The van der Waals surface area contributed by atoms with Crippen molar-refractivity contribution in [3.05, 3.63) is 18.1 Å². The van der Waals surface area contributed by atoms with Crippen molar-refractivity contribution in [3.63, 3.8) is 0 Å². The van der Waals surface area contributed by atoms with Gasteiger partial charge in [-0.2, -0.15) is 0 Å². The van der Waals surface area contributed by atoms with E-state index in [0.717, 1.165) is 12.1 Å². The van der Waals surface area contributed by atoms with Crippen molar-refractivity contribution in [2.24, 2.45) is 5.92 Å². The van der Waals surface area contributed by atoms with E-state index < -0.39 is 0 Å². The van der Waals surface area contributed by atoms with E-state index in [1.165, 1.54) is 32.5 Å². The number of nitrogens with zero attached hydrogens (tertiary/aromatic N) is 3. The fourth-order valence-corrected chi connectivity index (χ4v) is 2.95. The van der Waals surface area contributed by atoms with E-state index in [9.17, 15) is 0 Å². The first kappa shape index (κ1) is 13.3. The minimum absolute atomic E-state index is 0. The summed E-state index contributed by atoms with van der Waals surface area (Å²) in [4.78, 5) is 11.1. The molecule has 0 radical (unpaired) electrons. The zero-order valence-corrected chi connectivity index (χ0v) is 10.3. The molecule has 2 fully saturated rings. The quantitative estimate of drug-likeness (QED) is 0.806. The average molecular weight is 249 g/mol. The molecule has 3 heterocycles. The van der Waals surface area contributed by atoms with Gasteiger partial charge >= 0.3 is 0 Å². The fraction of sp³-hybridized carbons (Fsp3) is 0.714. The molecule has 3 unspecified atom stereocenters. The molecule has 18 heavy (non-hydrogen) atoms. The van der Waals surface area contributed by atoms with Crippen molar-refractivity contribution in [3.8, 4) is 5.88 Å². The van der Waals surface area contributed by atoms with Crippen LogP contribution in [0, 0.1) is 12.8 Å². The molecule has 2 aliphatic rings. The average Bonchev–Trinajstić information content (AvgIpc) is 2.34. The van der Waals surface area contributed by atoms with Crippen molar-refractivity contribution >= 4 is 0 Å². The molecule has 3 atom stereocenters. The van der Waals surface area contributed by atoms with Gasteiger partial charge < -0.3 is 9.64 Å². The highest BCUT2D eigenvalue weighted by molar-refractivity contribution is 5.08. The number of ether oxygens (including phenoxy) is 1. The number of piperidine rings is 2. The third-order valence-corrected chi connectivity index (χ3v) is 3.80. The van der Waals surface area contributed by atoms with Gasteiger partial charge in [0.05, 0.1) is 11.9 Å². The Kier molecular flexibility index (Phi) is 4.17. The van der Waals surface area contributed by atoms with E-state index in [2.05, 4.69) is 14.9 Å². The standard InChI is InChI=1S/C13H19N3O.CH4/c1-10-7-14-8-13(15-10)17-12-4-6-16-5-2-3-11(12)9-16;/h7-8,11-12H,2-6,9H2,1H3;1H4. The van der Waals surface area contributed by atoms with Gasteiger partial charge in [-0.05, 0) is 32.7 Å². The second-order valence-corrected chi connectivity index (χ2v) is 5.15. The minimum Gasteiger partial charge on any atom is -0.473 e. The molecule has 4 heteroatoms. The number of hydrogen-bond acceptors (Lipinski definition) is 4. The molecule has 4 nitrogen and oxygen atoms in total. The van der Waals surface area contributed by atoms with Crippen LogP contribution in [0.4, 0.5) is 0 Å². The highest BCUT2D eigenvalue weighted by Crippen LogP contribution is 2.29. The highest BCUT2D eigenvalue weighted by atomic mass is 16.5. The Hall–Kier alpha value is -1.16. The van der Waals surface area contributed by atoms with E-state index in [0.29, 0.717) is 17.9 Å². The number of aromatic nitrogens is 2. The Morgan fingerprint density at radius 2 is 2.17 bits per heavy atom. The second kappa shape index (κ2) is 5.65. The first-order valence-electron chi connectivity index (χ1n) is 6.49. The van der Waals surface area contributed by atoms with Crippen LogP contribution in [0.5, 0.6) is 5.88 Å². The van der Waals surface area contributed by atoms with Gasteiger partial charge in [-0.3, -0.25) is 4.98 Å². The summed E-state index contributed by atoms with van der Waals surface area (Å²) < 4.78 is 6.02. The second-order valence-electron chi connectivity index (χ2n) is 5.15. The normalized spacial score (nSPS) is 30.4. The summed E-state index contributed by atoms with van der Waals surface area (Å²) in [5, 5.41) is 0. The maximum Gasteiger partial charge on any atom is 0.232 e. The molecule has 0 saturated carbocycles. The van der Waals surface area contributed by atoms with E-state index in [1.807, 2.05) is 6.92 Å². The zero-order chi connectivity index (χ0) is 11.7. The lowest BCUT2D eigenvalue weighted by Crippen LogP contribution is -2.49. The van der Waals surface area contributed by atoms with Gasteiger partial charge in [0.2, 0.25) is 5.88 Å². The van der Waals surface area contributed by atoms with Crippen LogP contribution in [0.15, 0.2) is 12.4 Å². The molecule has 100 valence electrons. The Morgan fingerprint density at radius 3 is 3.00 bits per heavy atom. The van der Waals surface area contributed by atoms with E-state index in [-0.39, 0.29) is 7.43 Å². The summed E-state index contributed by atoms with van der Waals surface area (Å²) >= 11 is 0. The predicted molar refractivity (Wildman–Crippen MR) is 71.7 cm³/mol. The lowest BCUT2D eigenvalue weighted by molar-refractivity contribution is 0.0125. The van der Waals surface area contributed by atoms with Crippen molar-refractivity contribution in [2.75, 3.05) is 19.6 Å². The summed E-state index contributed by atoms with van der Waals surface area (Å²) in [5.41, 5.74) is 0.920. The number of rotatable bonds is 2. The molecule has 2 aliphatic heterocycles. The number of hydrogen-bond donors (Lipinski definition) is 0. The first-order valence-corrected chi connectivity index (χ1v) is 6.49. The van der Waals surface area contributed by atoms with Gasteiger partial charge in [-0.25, -0.2) is 4.98 Å². The molecule has 0 spiro atoms. The van der Waals surface area contributed by atoms with E-state index in [1.54, 1.807) is 12.4 Å². The lowest BCUT2D eigenvalue weighted by atomic mass is 9.87. The van der Waals surface area contributed by atoms with Crippen LogP contribution in [-0.2, 0) is 0 Å². The molecule has 0 aromatic carbocycles. The van der Waals surface area contributed by atoms with Crippen molar-refractivity contribution in [1.82, 2.24) is 14.9 Å². The largest absolute Gasteiger partial charge is 0.473 e. The molecule has 2 saturated heterocycles. The van der Waals surface area contributed by atoms with E-state index >= 15 is 0 Å². The molecule has 0 N–H and O–H groups in total. The van der Waals surface area contributed by atoms with Crippen LogP contribution in [0.1, 0.15) is 32.4 Å². The van der Waals surface area contributed by atoms with E-state index in [4.69, 9.17) is 4.74 Å². The third kappa shape index (κ3) is 2.80. The minimum atomic E-state index is 0. The molecule has 0 amide bonds. The maximum absolute atomic E-state index is 6.02. The predicted octanol–water partition coefficient (Wildman–Crippen LogP) is 2.28. The summed E-state index contributed by atoms with van der Waals surface area (Å²) in [6.45, 7) is 5.58. The van der Waals surface area contributed by atoms with Gasteiger partial charge in [0.1, 0.15) is 6.10 Å². The van der Waals surface area contributed by atoms with Crippen LogP contribution < -0.4 is 4.74 Å². The Balaban J connectivity index is 0.00000120. The van der Waals surface area contributed by atoms with Crippen molar-refractivity contribution in [1.29, 1.82) is 0 Å². The Morgan fingerprint density at radius 1 is 1.28 bits per heavy atom. The fourth-order valence-electron chi connectivity index (χ4n) is 2.95. The van der Waals surface area contributed by atoms with Crippen LogP contribution in [-0.4, -0.2) is 40.6 Å². The van der Waals surface area contributed by atoms with Crippen molar-refractivity contribution in [2.45, 2.75) is 39.7 Å². The molecule has 1 aromatic heterocycles. The maximum atomic E-state index is 6.02. The summed E-state index contributed by atoms with van der Waals surface area (Å²) in [5.74, 6) is 1.37. The number of aryl methyl sites for hydroxylation is 1. The van der Waals surface area contributed by atoms with Gasteiger partial charge in [-0.1, -0.05) is 7.43 Å². The van der Waals surface area contributed by atoms with Gasteiger partial charge in [-0.15, -0.1) is 0 Å².